The fraction of sp³-hybridized carbons (Fsp3) is 0.333. The highest BCUT2D eigenvalue weighted by Crippen LogP contribution is 2.28. The maximum absolute atomic E-state index is 12.2. The van der Waals surface area contributed by atoms with Gasteiger partial charge < -0.3 is 14.9 Å². The van der Waals surface area contributed by atoms with E-state index in [0.29, 0.717) is 12.0 Å². The number of carboxylic acids is 1. The first-order chi connectivity index (χ1) is 8.95. The third kappa shape index (κ3) is 4.19. The molecule has 0 radical (unpaired) electrons. The van der Waals surface area contributed by atoms with Crippen molar-refractivity contribution < 1.29 is 28.5 Å². The zero-order chi connectivity index (χ0) is 14.4. The Balaban J connectivity index is 3.10. The van der Waals surface area contributed by atoms with Gasteiger partial charge in [-0.2, -0.15) is 14.0 Å². The monoisotopic (exact) mass is 271 g/mol. The highest BCUT2D eigenvalue weighted by molar-refractivity contribution is 5.75. The molecule has 0 bridgehead atoms. The molecular weight excluding hydrogens is 260 g/mol. The van der Waals surface area contributed by atoms with Crippen LogP contribution in [0.25, 0.3) is 0 Å². The summed E-state index contributed by atoms with van der Waals surface area (Å²) in [4.78, 5) is 10.7. The maximum atomic E-state index is 12.2. The highest BCUT2D eigenvalue weighted by atomic mass is 19.3. The molecule has 1 aromatic carbocycles. The lowest BCUT2D eigenvalue weighted by molar-refractivity contribution is -0.147. The molecule has 1 atom stereocenters. The molecular formula is C12H11F2NO4. The number of ether oxygens (including phenoxy) is 1. The number of aliphatic hydroxyl groups is 1. The van der Waals surface area contributed by atoms with Crippen LogP contribution in [0.4, 0.5) is 8.78 Å². The van der Waals surface area contributed by atoms with Crippen molar-refractivity contribution in [2.75, 3.05) is 0 Å². The molecule has 1 aromatic rings. The lowest BCUT2D eigenvalue weighted by Gasteiger charge is -2.14. The van der Waals surface area contributed by atoms with Gasteiger partial charge in [0.2, 0.25) is 0 Å². The molecule has 5 nitrogen and oxygen atoms in total. The van der Waals surface area contributed by atoms with Crippen molar-refractivity contribution in [3.05, 3.63) is 29.3 Å². The number of benzene rings is 1. The molecule has 0 aliphatic carbocycles. The Morgan fingerprint density at radius 1 is 1.47 bits per heavy atom. The Bertz CT molecular complexity index is 499. The molecule has 1 rings (SSSR count). The lowest BCUT2D eigenvalue weighted by Crippen LogP contribution is -2.14. The van der Waals surface area contributed by atoms with Crippen molar-refractivity contribution in [3.8, 4) is 11.8 Å². The molecule has 0 saturated heterocycles. The summed E-state index contributed by atoms with van der Waals surface area (Å²) in [7, 11) is 0. The average Bonchev–Trinajstić information content (AvgIpc) is 2.36. The first kappa shape index (κ1) is 14.9. The largest absolute Gasteiger partial charge is 0.479 e. The molecule has 0 aliphatic rings. The molecule has 0 amide bonds. The van der Waals surface area contributed by atoms with Crippen LogP contribution in [0.2, 0.25) is 0 Å². The Hall–Kier alpha value is -2.20. The van der Waals surface area contributed by atoms with E-state index in [4.69, 9.17) is 10.4 Å². The van der Waals surface area contributed by atoms with Crippen LogP contribution in [0.3, 0.4) is 0 Å². The minimum absolute atomic E-state index is 0.192. The molecule has 0 aromatic heterocycles. The smallest absolute Gasteiger partial charge is 0.387 e. The third-order valence-corrected chi connectivity index (χ3v) is 2.34. The van der Waals surface area contributed by atoms with Crippen LogP contribution in [0.1, 0.15) is 23.7 Å². The predicted octanol–water partition coefficient (Wildman–Crippen LogP) is 1.86. The molecule has 7 heteroatoms. The van der Waals surface area contributed by atoms with Crippen LogP contribution in [0.5, 0.6) is 5.75 Å². The van der Waals surface area contributed by atoms with Crippen LogP contribution >= 0.6 is 0 Å². The summed E-state index contributed by atoms with van der Waals surface area (Å²) < 4.78 is 28.5. The quantitative estimate of drug-likeness (QED) is 0.824. The van der Waals surface area contributed by atoms with Gasteiger partial charge in [0, 0.05) is 12.0 Å². The molecule has 102 valence electrons. The number of rotatable bonds is 6. The van der Waals surface area contributed by atoms with Crippen LogP contribution < -0.4 is 4.74 Å². The number of carbonyl (C=O) groups is 1. The van der Waals surface area contributed by atoms with Crippen molar-refractivity contribution in [2.45, 2.75) is 25.6 Å². The molecule has 2 N–H and O–H groups in total. The summed E-state index contributed by atoms with van der Waals surface area (Å²) in [6.45, 7) is -3.12. The number of aliphatic carboxylic acids is 1. The summed E-state index contributed by atoms with van der Waals surface area (Å²) >= 11 is 0. The van der Waals surface area contributed by atoms with E-state index in [9.17, 15) is 18.7 Å². The topological polar surface area (TPSA) is 90.5 Å². The van der Waals surface area contributed by atoms with E-state index in [0.717, 1.165) is 6.07 Å². The van der Waals surface area contributed by atoms with Gasteiger partial charge in [-0.1, -0.05) is 6.07 Å². The van der Waals surface area contributed by atoms with Gasteiger partial charge in [0.1, 0.15) is 5.75 Å². The molecule has 0 fully saturated rings. The SMILES string of the molecule is N#CCCc1ccc(OC(F)F)c(C(O)C(=O)O)c1. The Labute approximate surface area is 107 Å². The Morgan fingerprint density at radius 3 is 2.68 bits per heavy atom. The van der Waals surface area contributed by atoms with Crippen molar-refractivity contribution >= 4 is 5.97 Å². The maximum Gasteiger partial charge on any atom is 0.387 e. The number of hydrogen-bond donors (Lipinski definition) is 2. The van der Waals surface area contributed by atoms with Crippen molar-refractivity contribution in [1.29, 1.82) is 5.26 Å². The molecule has 19 heavy (non-hydrogen) atoms. The number of aryl methyl sites for hydroxylation is 1. The van der Waals surface area contributed by atoms with Gasteiger partial charge in [-0.05, 0) is 24.1 Å². The summed E-state index contributed by atoms with van der Waals surface area (Å²) in [6.07, 6.45) is -1.45. The minimum Gasteiger partial charge on any atom is -0.479 e. The number of halogens is 2. The van der Waals surface area contributed by atoms with Gasteiger partial charge in [0.25, 0.3) is 0 Å². The molecule has 0 spiro atoms. The number of alkyl halides is 2. The van der Waals surface area contributed by atoms with E-state index >= 15 is 0 Å². The first-order valence-electron chi connectivity index (χ1n) is 5.31. The molecule has 1 unspecified atom stereocenters. The average molecular weight is 271 g/mol. The minimum atomic E-state index is -3.12. The van der Waals surface area contributed by atoms with Crippen LogP contribution in [0, 0.1) is 11.3 Å². The van der Waals surface area contributed by atoms with E-state index < -0.39 is 24.4 Å². The van der Waals surface area contributed by atoms with Gasteiger partial charge in [-0.25, -0.2) is 4.79 Å². The number of nitrogens with zero attached hydrogens (tertiary/aromatic N) is 1. The van der Waals surface area contributed by atoms with E-state index in [1.165, 1.54) is 12.1 Å². The zero-order valence-electron chi connectivity index (χ0n) is 9.72. The van der Waals surface area contributed by atoms with E-state index in [-0.39, 0.29) is 12.0 Å². The highest BCUT2D eigenvalue weighted by Gasteiger charge is 2.22. The first-order valence-corrected chi connectivity index (χ1v) is 5.31. The third-order valence-electron chi connectivity index (χ3n) is 2.34. The summed E-state index contributed by atoms with van der Waals surface area (Å²) in [5, 5.41) is 26.6. The summed E-state index contributed by atoms with van der Waals surface area (Å²) in [6, 6.07) is 5.74. The van der Waals surface area contributed by atoms with Crippen LogP contribution in [0.15, 0.2) is 18.2 Å². The van der Waals surface area contributed by atoms with Gasteiger partial charge >= 0.3 is 12.6 Å². The summed E-state index contributed by atoms with van der Waals surface area (Å²) in [5.41, 5.74) is 0.293. The Kier molecular flexibility index (Phi) is 5.21. The van der Waals surface area contributed by atoms with Crippen molar-refractivity contribution in [3.63, 3.8) is 0 Å². The Morgan fingerprint density at radius 2 is 2.16 bits per heavy atom. The normalized spacial score (nSPS) is 11.9. The predicted molar refractivity (Wildman–Crippen MR) is 59.6 cm³/mol. The number of carboxylic acid groups (broad SMARTS) is 1. The number of hydrogen-bond acceptors (Lipinski definition) is 4. The van der Waals surface area contributed by atoms with Gasteiger partial charge in [0.05, 0.1) is 6.07 Å². The van der Waals surface area contributed by atoms with Crippen LogP contribution in [-0.2, 0) is 11.2 Å². The van der Waals surface area contributed by atoms with Gasteiger partial charge in [0.15, 0.2) is 6.10 Å². The number of nitriles is 1. The fourth-order valence-corrected chi connectivity index (χ4v) is 1.50. The van der Waals surface area contributed by atoms with Crippen molar-refractivity contribution in [2.24, 2.45) is 0 Å². The van der Waals surface area contributed by atoms with Crippen LogP contribution in [-0.4, -0.2) is 22.8 Å². The van der Waals surface area contributed by atoms with Crippen molar-refractivity contribution in [1.82, 2.24) is 0 Å². The van der Waals surface area contributed by atoms with E-state index in [2.05, 4.69) is 4.74 Å². The fourth-order valence-electron chi connectivity index (χ4n) is 1.50. The zero-order valence-corrected chi connectivity index (χ0v) is 9.72. The second kappa shape index (κ2) is 6.66. The standard InChI is InChI=1S/C12H11F2NO4/c13-12(14)19-9-4-3-7(2-1-5-15)6-8(9)10(16)11(17)18/h3-4,6,10,12,16H,1-2H2,(H,17,18). The lowest BCUT2D eigenvalue weighted by atomic mass is 10.0. The second-order valence-corrected chi connectivity index (χ2v) is 3.65. The van der Waals surface area contributed by atoms with E-state index in [1.807, 2.05) is 6.07 Å². The molecule has 0 aliphatic heterocycles. The molecule has 0 heterocycles. The summed E-state index contributed by atoms with van der Waals surface area (Å²) in [5.74, 6) is -1.97. The number of aliphatic hydroxyl groups excluding tert-OH is 1. The second-order valence-electron chi connectivity index (χ2n) is 3.65. The molecule has 0 saturated carbocycles. The van der Waals surface area contributed by atoms with Gasteiger partial charge in [-0.3, -0.25) is 0 Å². The van der Waals surface area contributed by atoms with Gasteiger partial charge in [-0.15, -0.1) is 0 Å². The van der Waals surface area contributed by atoms with E-state index in [1.54, 1.807) is 0 Å².